The average molecular weight is 245 g/mol. The molecule has 1 unspecified atom stereocenters. The van der Waals surface area contributed by atoms with Crippen LogP contribution in [-0.4, -0.2) is 14.2 Å². The number of rotatable bonds is 4. The lowest BCUT2D eigenvalue weighted by atomic mass is 10.2. The highest BCUT2D eigenvalue weighted by molar-refractivity contribution is 7.94. The van der Waals surface area contributed by atoms with Gasteiger partial charge in [-0.25, -0.2) is 8.42 Å². The number of alkyl halides is 1. The van der Waals surface area contributed by atoms with Crippen LogP contribution in [0.5, 0.6) is 0 Å². The van der Waals surface area contributed by atoms with Crippen LogP contribution in [0.1, 0.15) is 17.9 Å². The lowest BCUT2D eigenvalue weighted by molar-refractivity contribution is 0.603. The molecule has 0 radical (unpaired) electrons. The van der Waals surface area contributed by atoms with Crippen molar-refractivity contribution < 1.29 is 8.42 Å². The molecule has 4 heteroatoms. The normalized spacial score (nSPS) is 14.3. The van der Waals surface area contributed by atoms with Crippen molar-refractivity contribution in [1.29, 1.82) is 0 Å². The first kappa shape index (κ1) is 12.3. The summed E-state index contributed by atoms with van der Waals surface area (Å²) in [4.78, 5) is 0. The molecule has 1 atom stereocenters. The maximum atomic E-state index is 11.4. The van der Waals surface area contributed by atoms with E-state index >= 15 is 0 Å². The van der Waals surface area contributed by atoms with Crippen LogP contribution in [-0.2, 0) is 9.84 Å². The van der Waals surface area contributed by atoms with Crippen molar-refractivity contribution in [3.8, 4) is 0 Å². The standard InChI is InChI=1S/C11H13ClO2S/c1-2-8-15(13,14)9-11(12)10-6-4-3-5-7-10/h2-8,11H,9H2,1H3/b8-2+. The molecule has 0 amide bonds. The predicted molar refractivity (Wildman–Crippen MR) is 63.6 cm³/mol. The number of allylic oxidation sites excluding steroid dienone is 1. The fourth-order valence-electron chi connectivity index (χ4n) is 1.22. The van der Waals surface area contributed by atoms with Gasteiger partial charge in [-0.15, -0.1) is 11.6 Å². The van der Waals surface area contributed by atoms with Crippen LogP contribution < -0.4 is 0 Å². The molecule has 0 spiro atoms. The van der Waals surface area contributed by atoms with E-state index < -0.39 is 15.2 Å². The van der Waals surface area contributed by atoms with Crippen LogP contribution >= 0.6 is 11.6 Å². The molecule has 0 aromatic heterocycles. The Balaban J connectivity index is 2.77. The first-order chi connectivity index (χ1) is 7.05. The number of hydrogen-bond acceptors (Lipinski definition) is 2. The van der Waals surface area contributed by atoms with Crippen molar-refractivity contribution >= 4 is 21.4 Å². The molecule has 0 fully saturated rings. The predicted octanol–water partition coefficient (Wildman–Crippen LogP) is 2.91. The Morgan fingerprint density at radius 2 is 1.93 bits per heavy atom. The Morgan fingerprint density at radius 1 is 1.33 bits per heavy atom. The number of halogens is 1. The molecule has 2 nitrogen and oxygen atoms in total. The maximum Gasteiger partial charge on any atom is 0.173 e. The summed E-state index contributed by atoms with van der Waals surface area (Å²) in [6.07, 6.45) is 1.50. The average Bonchev–Trinajstić information content (AvgIpc) is 2.18. The second-order valence-electron chi connectivity index (χ2n) is 3.18. The highest BCUT2D eigenvalue weighted by Gasteiger charge is 2.15. The van der Waals surface area contributed by atoms with Crippen molar-refractivity contribution in [3.63, 3.8) is 0 Å². The van der Waals surface area contributed by atoms with Crippen molar-refractivity contribution in [2.45, 2.75) is 12.3 Å². The minimum Gasteiger partial charge on any atom is -0.224 e. The van der Waals surface area contributed by atoms with Gasteiger partial charge >= 0.3 is 0 Å². The van der Waals surface area contributed by atoms with Crippen molar-refractivity contribution in [2.24, 2.45) is 0 Å². The van der Waals surface area contributed by atoms with Crippen LogP contribution in [0.3, 0.4) is 0 Å². The molecule has 1 rings (SSSR count). The summed E-state index contributed by atoms with van der Waals surface area (Å²) in [6, 6.07) is 9.19. The molecule has 0 aliphatic carbocycles. The second-order valence-corrected chi connectivity index (χ2v) is 5.64. The first-order valence-corrected chi connectivity index (χ1v) is 6.75. The van der Waals surface area contributed by atoms with E-state index in [9.17, 15) is 8.42 Å². The van der Waals surface area contributed by atoms with E-state index in [4.69, 9.17) is 11.6 Å². The van der Waals surface area contributed by atoms with Gasteiger partial charge in [0.2, 0.25) is 0 Å². The summed E-state index contributed by atoms with van der Waals surface area (Å²) in [7, 11) is -3.19. The highest BCUT2D eigenvalue weighted by atomic mass is 35.5. The van der Waals surface area contributed by atoms with Gasteiger partial charge in [0.15, 0.2) is 9.84 Å². The molecular weight excluding hydrogens is 232 g/mol. The molecular formula is C11H13ClO2S. The van der Waals surface area contributed by atoms with Crippen LogP contribution in [0.25, 0.3) is 0 Å². The van der Waals surface area contributed by atoms with Crippen LogP contribution in [0.2, 0.25) is 0 Å². The van der Waals surface area contributed by atoms with Gasteiger partial charge in [-0.2, -0.15) is 0 Å². The zero-order valence-corrected chi connectivity index (χ0v) is 10.0. The summed E-state index contributed by atoms with van der Waals surface area (Å²) < 4.78 is 22.9. The third-order valence-corrected chi connectivity index (χ3v) is 3.96. The quantitative estimate of drug-likeness (QED) is 0.764. The fraction of sp³-hybridized carbons (Fsp3) is 0.273. The number of hydrogen-bond donors (Lipinski definition) is 0. The molecule has 82 valence electrons. The van der Waals surface area contributed by atoms with Crippen LogP contribution in [0.15, 0.2) is 41.8 Å². The number of sulfone groups is 1. The van der Waals surface area contributed by atoms with Crippen molar-refractivity contribution in [3.05, 3.63) is 47.4 Å². The topological polar surface area (TPSA) is 34.1 Å². The Bertz CT molecular complexity index is 423. The van der Waals surface area contributed by atoms with Gasteiger partial charge < -0.3 is 0 Å². The smallest absolute Gasteiger partial charge is 0.173 e. The first-order valence-electron chi connectivity index (χ1n) is 4.59. The molecule has 15 heavy (non-hydrogen) atoms. The Labute approximate surface area is 95.5 Å². The Kier molecular flexibility index (Phi) is 4.36. The molecule has 0 aliphatic heterocycles. The van der Waals surface area contributed by atoms with Crippen molar-refractivity contribution in [1.82, 2.24) is 0 Å². The molecule has 0 heterocycles. The van der Waals surface area contributed by atoms with Gasteiger partial charge in [-0.1, -0.05) is 36.4 Å². The van der Waals surface area contributed by atoms with E-state index in [0.29, 0.717) is 0 Å². The summed E-state index contributed by atoms with van der Waals surface area (Å²) in [6.45, 7) is 1.67. The summed E-state index contributed by atoms with van der Waals surface area (Å²) in [5, 5.41) is 0.693. The van der Waals surface area contributed by atoms with E-state index in [-0.39, 0.29) is 5.75 Å². The zero-order chi connectivity index (χ0) is 11.3. The molecule has 0 saturated heterocycles. The number of benzene rings is 1. The van der Waals surface area contributed by atoms with Gasteiger partial charge in [-0.05, 0) is 12.5 Å². The summed E-state index contributed by atoms with van der Waals surface area (Å²) in [5.74, 6) is -0.0666. The van der Waals surface area contributed by atoms with E-state index in [2.05, 4.69) is 0 Å². The summed E-state index contributed by atoms with van der Waals surface area (Å²) >= 11 is 6.01. The minimum atomic E-state index is -3.19. The third-order valence-electron chi connectivity index (χ3n) is 1.88. The zero-order valence-electron chi connectivity index (χ0n) is 8.43. The van der Waals surface area contributed by atoms with E-state index in [1.54, 1.807) is 6.92 Å². The fourth-order valence-corrected chi connectivity index (χ4v) is 3.02. The SMILES string of the molecule is C/C=C/S(=O)(=O)CC(Cl)c1ccccc1. The molecule has 0 bridgehead atoms. The Morgan fingerprint density at radius 3 is 2.47 bits per heavy atom. The van der Waals surface area contributed by atoms with E-state index in [1.165, 1.54) is 11.5 Å². The second kappa shape index (κ2) is 5.33. The van der Waals surface area contributed by atoms with Crippen molar-refractivity contribution in [2.75, 3.05) is 5.75 Å². The van der Waals surface area contributed by atoms with Gasteiger partial charge in [-0.3, -0.25) is 0 Å². The lowest BCUT2D eigenvalue weighted by Gasteiger charge is -2.07. The maximum absolute atomic E-state index is 11.4. The molecule has 0 N–H and O–H groups in total. The molecule has 0 aliphatic rings. The van der Waals surface area contributed by atoms with Gasteiger partial charge in [0.25, 0.3) is 0 Å². The monoisotopic (exact) mass is 244 g/mol. The minimum absolute atomic E-state index is 0.0666. The highest BCUT2D eigenvalue weighted by Crippen LogP contribution is 2.22. The van der Waals surface area contributed by atoms with Crippen LogP contribution in [0.4, 0.5) is 0 Å². The van der Waals surface area contributed by atoms with Gasteiger partial charge in [0.1, 0.15) is 0 Å². The molecule has 0 saturated carbocycles. The largest absolute Gasteiger partial charge is 0.224 e. The van der Waals surface area contributed by atoms with Gasteiger partial charge in [0.05, 0.1) is 11.1 Å². The summed E-state index contributed by atoms with van der Waals surface area (Å²) in [5.41, 5.74) is 0.826. The van der Waals surface area contributed by atoms with E-state index in [0.717, 1.165) is 5.56 Å². The van der Waals surface area contributed by atoms with E-state index in [1.807, 2.05) is 30.3 Å². The van der Waals surface area contributed by atoms with Crippen LogP contribution in [0, 0.1) is 0 Å². The van der Waals surface area contributed by atoms with Gasteiger partial charge in [0, 0.05) is 5.41 Å². The third kappa shape index (κ3) is 4.06. The Hall–Kier alpha value is -0.800. The molecule has 1 aromatic carbocycles. The lowest BCUT2D eigenvalue weighted by Crippen LogP contribution is -2.08. The molecule has 1 aromatic rings.